The quantitative estimate of drug-likeness (QED) is 0.763. The minimum Gasteiger partial charge on any atom is -0.337 e. The van der Waals surface area contributed by atoms with Gasteiger partial charge in [-0.2, -0.15) is 0 Å². The van der Waals surface area contributed by atoms with E-state index in [-0.39, 0.29) is 5.91 Å². The topological polar surface area (TPSA) is 52.2 Å². The molecular weight excluding hydrogens is 336 g/mol. The maximum Gasteiger partial charge on any atom is 0.270 e. The molecule has 2 aromatic heterocycles. The number of H-pyrrole nitrogens is 1. The summed E-state index contributed by atoms with van der Waals surface area (Å²) in [5.41, 5.74) is 4.15. The lowest BCUT2D eigenvalue weighted by atomic mass is 9.88. The summed E-state index contributed by atoms with van der Waals surface area (Å²) in [6, 6.07) is 14.8. The molecule has 1 amide bonds. The molecule has 0 aliphatic carbocycles. The first-order valence-electron chi connectivity index (χ1n) is 9.60. The molecule has 2 fully saturated rings. The van der Waals surface area contributed by atoms with Crippen LogP contribution in [0.25, 0.3) is 11.0 Å². The summed E-state index contributed by atoms with van der Waals surface area (Å²) >= 11 is 0. The summed E-state index contributed by atoms with van der Waals surface area (Å²) in [6.07, 6.45) is 1.75. The highest BCUT2D eigenvalue weighted by Crippen LogP contribution is 2.45. The van der Waals surface area contributed by atoms with Crippen molar-refractivity contribution in [1.29, 1.82) is 0 Å². The average molecular weight is 360 g/mol. The molecule has 27 heavy (non-hydrogen) atoms. The van der Waals surface area contributed by atoms with Gasteiger partial charge in [0.1, 0.15) is 11.3 Å². The summed E-state index contributed by atoms with van der Waals surface area (Å²) in [7, 11) is 2.21. The number of likely N-dealkylation sites (tertiary alicyclic amines) is 2. The Morgan fingerprint density at radius 2 is 2.00 bits per heavy atom. The number of aromatic amines is 1. The maximum atomic E-state index is 13.1. The fraction of sp³-hybridized carbons (Fsp3) is 0.364. The largest absolute Gasteiger partial charge is 0.337 e. The van der Waals surface area contributed by atoms with E-state index in [1.54, 1.807) is 6.20 Å². The Bertz CT molecular complexity index is 977. The number of nitrogens with zero attached hydrogens (tertiary/aromatic N) is 3. The van der Waals surface area contributed by atoms with Crippen LogP contribution in [0.1, 0.15) is 27.7 Å². The fourth-order valence-corrected chi connectivity index (χ4v) is 5.05. The number of amides is 1. The number of rotatable bonds is 2. The van der Waals surface area contributed by atoms with Gasteiger partial charge in [-0.15, -0.1) is 0 Å². The Morgan fingerprint density at radius 1 is 1.15 bits per heavy atom. The van der Waals surface area contributed by atoms with Gasteiger partial charge in [0.15, 0.2) is 0 Å². The van der Waals surface area contributed by atoms with Crippen LogP contribution in [0.4, 0.5) is 0 Å². The third-order valence-electron chi connectivity index (χ3n) is 6.31. The number of pyridine rings is 1. The highest BCUT2D eigenvalue weighted by atomic mass is 16.2. The summed E-state index contributed by atoms with van der Waals surface area (Å²) in [5.74, 6) is 1.11. The molecular formula is C22H24N4O. The number of aromatic nitrogens is 2. The molecule has 0 unspecified atom stereocenters. The molecule has 0 bridgehead atoms. The Balaban J connectivity index is 1.40. The van der Waals surface area contributed by atoms with Gasteiger partial charge in [0.2, 0.25) is 0 Å². The van der Waals surface area contributed by atoms with Gasteiger partial charge in [-0.05, 0) is 49.2 Å². The van der Waals surface area contributed by atoms with Crippen LogP contribution in [-0.2, 0) is 0 Å². The van der Waals surface area contributed by atoms with E-state index in [0.717, 1.165) is 30.7 Å². The SMILES string of the molecule is Cc1ccccc1[C@H]1[C@@H]2CN(C(=O)c3cc4cccnc4[nH]3)C[C@@H]2CN1C. The van der Waals surface area contributed by atoms with Crippen molar-refractivity contribution in [2.45, 2.75) is 13.0 Å². The molecule has 5 nitrogen and oxygen atoms in total. The molecule has 138 valence electrons. The highest BCUT2D eigenvalue weighted by molar-refractivity contribution is 5.97. The van der Waals surface area contributed by atoms with Crippen LogP contribution in [0.3, 0.4) is 0 Å². The van der Waals surface area contributed by atoms with E-state index in [1.807, 2.05) is 23.1 Å². The molecule has 2 aliphatic rings. The van der Waals surface area contributed by atoms with E-state index in [0.29, 0.717) is 23.6 Å². The molecule has 1 N–H and O–H groups in total. The first-order chi connectivity index (χ1) is 13.1. The van der Waals surface area contributed by atoms with Gasteiger partial charge in [0.25, 0.3) is 5.91 Å². The van der Waals surface area contributed by atoms with E-state index in [9.17, 15) is 4.79 Å². The molecule has 2 aliphatic heterocycles. The van der Waals surface area contributed by atoms with Crippen LogP contribution in [0.15, 0.2) is 48.7 Å². The van der Waals surface area contributed by atoms with Gasteiger partial charge in [0, 0.05) is 43.2 Å². The van der Waals surface area contributed by atoms with Crippen molar-refractivity contribution in [2.75, 3.05) is 26.7 Å². The summed E-state index contributed by atoms with van der Waals surface area (Å²) in [4.78, 5) is 25.1. The lowest BCUT2D eigenvalue weighted by Crippen LogP contribution is -2.33. The van der Waals surface area contributed by atoms with Crippen LogP contribution in [0.2, 0.25) is 0 Å². The number of hydrogen-bond donors (Lipinski definition) is 1. The van der Waals surface area contributed by atoms with Crippen molar-refractivity contribution in [3.8, 4) is 0 Å². The van der Waals surface area contributed by atoms with Gasteiger partial charge >= 0.3 is 0 Å². The van der Waals surface area contributed by atoms with Gasteiger partial charge in [0.05, 0.1) is 0 Å². The second-order valence-electron chi connectivity index (χ2n) is 8.00. The van der Waals surface area contributed by atoms with E-state index in [4.69, 9.17) is 0 Å². The second-order valence-corrected chi connectivity index (χ2v) is 8.00. The Labute approximate surface area is 159 Å². The Morgan fingerprint density at radius 3 is 2.81 bits per heavy atom. The first-order valence-corrected chi connectivity index (χ1v) is 9.60. The lowest BCUT2D eigenvalue weighted by Gasteiger charge is -2.28. The molecule has 2 saturated heterocycles. The lowest BCUT2D eigenvalue weighted by molar-refractivity contribution is 0.0763. The molecule has 1 aromatic carbocycles. The molecule has 3 aromatic rings. The summed E-state index contributed by atoms with van der Waals surface area (Å²) in [6.45, 7) is 4.88. The van der Waals surface area contributed by atoms with Crippen molar-refractivity contribution >= 4 is 16.9 Å². The summed E-state index contributed by atoms with van der Waals surface area (Å²) < 4.78 is 0. The number of carbonyl (C=O) groups excluding carboxylic acids is 1. The van der Waals surface area contributed by atoms with Crippen LogP contribution in [-0.4, -0.2) is 52.4 Å². The molecule has 5 heteroatoms. The molecule has 3 atom stereocenters. The van der Waals surface area contributed by atoms with E-state index in [1.165, 1.54) is 11.1 Å². The molecule has 5 rings (SSSR count). The summed E-state index contributed by atoms with van der Waals surface area (Å²) in [5, 5.41) is 0.984. The van der Waals surface area contributed by atoms with Crippen LogP contribution >= 0.6 is 0 Å². The van der Waals surface area contributed by atoms with E-state index < -0.39 is 0 Å². The van der Waals surface area contributed by atoms with Crippen molar-refractivity contribution in [3.63, 3.8) is 0 Å². The zero-order valence-corrected chi connectivity index (χ0v) is 15.7. The molecule has 0 saturated carbocycles. The third kappa shape index (κ3) is 2.65. The first kappa shape index (κ1) is 16.5. The number of nitrogens with one attached hydrogen (secondary N) is 1. The van der Waals surface area contributed by atoms with Crippen LogP contribution in [0.5, 0.6) is 0 Å². The van der Waals surface area contributed by atoms with Gasteiger partial charge < -0.3 is 9.88 Å². The molecule has 4 heterocycles. The zero-order valence-electron chi connectivity index (χ0n) is 15.7. The van der Waals surface area contributed by atoms with Crippen molar-refractivity contribution in [1.82, 2.24) is 19.8 Å². The van der Waals surface area contributed by atoms with Crippen molar-refractivity contribution in [3.05, 3.63) is 65.5 Å². The Kier molecular flexibility index (Phi) is 3.79. The van der Waals surface area contributed by atoms with E-state index >= 15 is 0 Å². The number of hydrogen-bond acceptors (Lipinski definition) is 3. The van der Waals surface area contributed by atoms with Crippen LogP contribution in [0, 0.1) is 18.8 Å². The highest BCUT2D eigenvalue weighted by Gasteiger charge is 2.47. The predicted molar refractivity (Wildman–Crippen MR) is 106 cm³/mol. The predicted octanol–water partition coefficient (Wildman–Crippen LogP) is 3.25. The van der Waals surface area contributed by atoms with Crippen molar-refractivity contribution < 1.29 is 4.79 Å². The van der Waals surface area contributed by atoms with E-state index in [2.05, 4.69) is 53.1 Å². The number of aryl methyl sites for hydroxylation is 1. The minimum atomic E-state index is 0.0913. The number of fused-ring (bicyclic) bond motifs is 2. The van der Waals surface area contributed by atoms with Gasteiger partial charge in [-0.25, -0.2) is 4.98 Å². The minimum absolute atomic E-state index is 0.0913. The van der Waals surface area contributed by atoms with Crippen LogP contribution < -0.4 is 0 Å². The van der Waals surface area contributed by atoms with Gasteiger partial charge in [-0.3, -0.25) is 9.69 Å². The normalized spacial score (nSPS) is 25.3. The standard InChI is InChI=1S/C22H24N4O/c1-14-6-3-4-8-17(14)20-18-13-26(12-16(18)11-25(20)2)22(27)19-10-15-7-5-9-23-21(15)24-19/h3-10,16,18,20H,11-13H2,1-2H3,(H,23,24)/t16-,18+,20-/m0/s1. The number of benzene rings is 1. The maximum absolute atomic E-state index is 13.1. The average Bonchev–Trinajstić information content (AvgIpc) is 3.34. The molecule has 0 radical (unpaired) electrons. The number of carbonyl (C=O) groups is 1. The smallest absolute Gasteiger partial charge is 0.270 e. The fourth-order valence-electron chi connectivity index (χ4n) is 5.05. The van der Waals surface area contributed by atoms with Crippen molar-refractivity contribution in [2.24, 2.45) is 11.8 Å². The Hall–Kier alpha value is -2.66. The molecule has 0 spiro atoms. The third-order valence-corrected chi connectivity index (χ3v) is 6.31. The monoisotopic (exact) mass is 360 g/mol. The zero-order chi connectivity index (χ0) is 18.5. The second kappa shape index (κ2) is 6.20. The van der Waals surface area contributed by atoms with Gasteiger partial charge in [-0.1, -0.05) is 24.3 Å².